The first kappa shape index (κ1) is 20.3. The Morgan fingerprint density at radius 2 is 2.00 bits per heavy atom. The lowest BCUT2D eigenvalue weighted by atomic mass is 9.99. The number of amides is 1. The van der Waals surface area contributed by atoms with Gasteiger partial charge in [0, 0.05) is 19.6 Å². The Morgan fingerprint density at radius 1 is 1.25 bits per heavy atom. The number of carbonyl (C=O) groups excluding carboxylic acids is 1. The van der Waals surface area contributed by atoms with E-state index in [1.807, 2.05) is 24.3 Å². The van der Waals surface area contributed by atoms with Crippen LogP contribution in [0.25, 0.3) is 0 Å². The normalized spacial score (nSPS) is 17.9. The minimum absolute atomic E-state index is 0.0336. The van der Waals surface area contributed by atoms with Gasteiger partial charge in [0.2, 0.25) is 15.9 Å². The minimum Gasteiger partial charge on any atom is -0.497 e. The van der Waals surface area contributed by atoms with Gasteiger partial charge in [-0.25, -0.2) is 12.8 Å². The number of halogens is 1. The largest absolute Gasteiger partial charge is 0.497 e. The molecule has 1 N–H and O–H groups in total. The number of nitrogens with one attached hydrogen (secondary N) is 1. The van der Waals surface area contributed by atoms with E-state index in [9.17, 15) is 17.6 Å². The molecule has 0 spiro atoms. The van der Waals surface area contributed by atoms with Crippen LogP contribution in [0, 0.1) is 11.7 Å². The first-order valence-electron chi connectivity index (χ1n) is 9.06. The van der Waals surface area contributed by atoms with Crippen molar-refractivity contribution in [3.8, 4) is 5.75 Å². The second kappa shape index (κ2) is 8.70. The summed E-state index contributed by atoms with van der Waals surface area (Å²) in [4.78, 5) is 12.6. The van der Waals surface area contributed by atoms with E-state index < -0.39 is 21.8 Å². The molecule has 1 heterocycles. The predicted octanol–water partition coefficient (Wildman–Crippen LogP) is 2.55. The Labute approximate surface area is 164 Å². The van der Waals surface area contributed by atoms with Crippen molar-refractivity contribution < 1.29 is 22.3 Å². The van der Waals surface area contributed by atoms with Gasteiger partial charge < -0.3 is 10.1 Å². The molecular formula is C20H23FN2O4S. The molecule has 0 aliphatic carbocycles. The number of benzene rings is 2. The van der Waals surface area contributed by atoms with Crippen molar-refractivity contribution in [3.63, 3.8) is 0 Å². The third-order valence-corrected chi connectivity index (χ3v) is 6.69. The molecule has 150 valence electrons. The van der Waals surface area contributed by atoms with Crippen LogP contribution in [0.2, 0.25) is 0 Å². The summed E-state index contributed by atoms with van der Waals surface area (Å²) < 4.78 is 45.1. The van der Waals surface area contributed by atoms with Gasteiger partial charge >= 0.3 is 0 Å². The summed E-state index contributed by atoms with van der Waals surface area (Å²) in [6.07, 6.45) is 1.22. The van der Waals surface area contributed by atoms with Gasteiger partial charge in [-0.05, 0) is 54.8 Å². The number of hydrogen-bond acceptors (Lipinski definition) is 4. The van der Waals surface area contributed by atoms with E-state index in [-0.39, 0.29) is 17.3 Å². The Balaban J connectivity index is 1.63. The van der Waals surface area contributed by atoms with Crippen molar-refractivity contribution in [2.75, 3.05) is 20.2 Å². The molecule has 1 atom stereocenters. The zero-order valence-electron chi connectivity index (χ0n) is 15.6. The van der Waals surface area contributed by atoms with Crippen molar-refractivity contribution in [3.05, 3.63) is 59.9 Å². The number of carbonyl (C=O) groups is 1. The van der Waals surface area contributed by atoms with Crippen LogP contribution in [-0.2, 0) is 21.4 Å². The highest BCUT2D eigenvalue weighted by Gasteiger charge is 2.33. The molecule has 2 aromatic carbocycles. The second-order valence-corrected chi connectivity index (χ2v) is 8.66. The van der Waals surface area contributed by atoms with E-state index in [4.69, 9.17) is 4.74 Å². The van der Waals surface area contributed by atoms with Crippen LogP contribution in [-0.4, -0.2) is 38.8 Å². The number of methoxy groups -OCH3 is 1. The molecule has 28 heavy (non-hydrogen) atoms. The van der Waals surface area contributed by atoms with Crippen molar-refractivity contribution in [2.45, 2.75) is 24.3 Å². The highest BCUT2D eigenvalue weighted by Crippen LogP contribution is 2.24. The van der Waals surface area contributed by atoms with Gasteiger partial charge in [-0.15, -0.1) is 0 Å². The van der Waals surface area contributed by atoms with Crippen molar-refractivity contribution in [1.29, 1.82) is 0 Å². The van der Waals surface area contributed by atoms with Gasteiger partial charge in [0.05, 0.1) is 17.9 Å². The number of hydrogen-bond donors (Lipinski definition) is 1. The highest BCUT2D eigenvalue weighted by molar-refractivity contribution is 7.89. The molecule has 2 aromatic rings. The first-order chi connectivity index (χ1) is 13.4. The van der Waals surface area contributed by atoms with Gasteiger partial charge in [0.25, 0.3) is 0 Å². The molecule has 0 unspecified atom stereocenters. The zero-order chi connectivity index (χ0) is 20.1. The molecule has 1 aliphatic rings. The minimum atomic E-state index is -3.75. The molecule has 1 fully saturated rings. The van der Waals surface area contributed by atoms with Gasteiger partial charge in [-0.2, -0.15) is 4.31 Å². The summed E-state index contributed by atoms with van der Waals surface area (Å²) in [7, 11) is -2.17. The lowest BCUT2D eigenvalue weighted by molar-refractivity contribution is -0.126. The van der Waals surface area contributed by atoms with Crippen molar-refractivity contribution in [1.82, 2.24) is 9.62 Å². The summed E-state index contributed by atoms with van der Waals surface area (Å²) in [6, 6.07) is 12.1. The van der Waals surface area contributed by atoms with Gasteiger partial charge in [0.1, 0.15) is 11.6 Å². The number of piperidine rings is 1. The van der Waals surface area contributed by atoms with Crippen LogP contribution in [0.4, 0.5) is 4.39 Å². The van der Waals surface area contributed by atoms with Crippen LogP contribution < -0.4 is 10.1 Å². The third kappa shape index (κ3) is 4.69. The molecule has 1 saturated heterocycles. The molecule has 1 amide bonds. The molecule has 8 heteroatoms. The van der Waals surface area contributed by atoms with Crippen LogP contribution in [0.5, 0.6) is 5.75 Å². The Hall–Kier alpha value is -2.45. The Kier molecular flexibility index (Phi) is 6.31. The monoisotopic (exact) mass is 406 g/mol. The number of sulfonamides is 1. The number of ether oxygens (including phenoxy) is 1. The van der Waals surface area contributed by atoms with Gasteiger partial charge in [0.15, 0.2) is 0 Å². The van der Waals surface area contributed by atoms with Crippen LogP contribution in [0.3, 0.4) is 0 Å². The standard InChI is InChI=1S/C20H23FN2O4S/c1-27-18-6-2-4-15(12-18)13-22-20(24)16-5-3-11-23(14-16)28(25,26)19-9-7-17(21)8-10-19/h2,4,6-10,12,16H,3,5,11,13-14H2,1H3,(H,22,24)/t16-/m1/s1. The number of nitrogens with zero attached hydrogens (tertiary/aromatic N) is 1. The molecule has 0 aromatic heterocycles. The fraction of sp³-hybridized carbons (Fsp3) is 0.350. The summed E-state index contributed by atoms with van der Waals surface area (Å²) in [5.41, 5.74) is 0.902. The van der Waals surface area contributed by atoms with E-state index in [2.05, 4.69) is 5.32 Å². The molecular weight excluding hydrogens is 383 g/mol. The van der Waals surface area contributed by atoms with Crippen LogP contribution in [0.1, 0.15) is 18.4 Å². The molecule has 6 nitrogen and oxygen atoms in total. The molecule has 1 aliphatic heterocycles. The number of rotatable bonds is 6. The average Bonchev–Trinajstić information content (AvgIpc) is 2.72. The predicted molar refractivity (Wildman–Crippen MR) is 103 cm³/mol. The molecule has 0 saturated carbocycles. The molecule has 0 bridgehead atoms. The summed E-state index contributed by atoms with van der Waals surface area (Å²) in [5.74, 6) is -0.384. The fourth-order valence-corrected chi connectivity index (χ4v) is 4.77. The Morgan fingerprint density at radius 3 is 2.71 bits per heavy atom. The van der Waals surface area contributed by atoms with Crippen molar-refractivity contribution >= 4 is 15.9 Å². The topological polar surface area (TPSA) is 75.7 Å². The summed E-state index contributed by atoms with van der Waals surface area (Å²) in [6.45, 7) is 0.806. The lowest BCUT2D eigenvalue weighted by Gasteiger charge is -2.31. The quantitative estimate of drug-likeness (QED) is 0.800. The third-order valence-electron chi connectivity index (χ3n) is 4.81. The van der Waals surface area contributed by atoms with E-state index >= 15 is 0 Å². The van der Waals surface area contributed by atoms with Gasteiger partial charge in [-0.3, -0.25) is 4.79 Å². The highest BCUT2D eigenvalue weighted by atomic mass is 32.2. The van der Waals surface area contributed by atoms with Crippen molar-refractivity contribution in [2.24, 2.45) is 5.92 Å². The Bertz CT molecular complexity index is 931. The SMILES string of the molecule is COc1cccc(CNC(=O)[C@@H]2CCCN(S(=O)(=O)c3ccc(F)cc3)C2)c1. The average molecular weight is 406 g/mol. The smallest absolute Gasteiger partial charge is 0.243 e. The maximum Gasteiger partial charge on any atom is 0.243 e. The maximum absolute atomic E-state index is 13.1. The summed E-state index contributed by atoms with van der Waals surface area (Å²) in [5, 5.41) is 2.87. The first-order valence-corrected chi connectivity index (χ1v) is 10.5. The lowest BCUT2D eigenvalue weighted by Crippen LogP contribution is -2.45. The second-order valence-electron chi connectivity index (χ2n) is 6.73. The van der Waals surface area contributed by atoms with E-state index in [1.54, 1.807) is 7.11 Å². The van der Waals surface area contributed by atoms with Crippen LogP contribution >= 0.6 is 0 Å². The fourth-order valence-electron chi connectivity index (χ4n) is 3.25. The van der Waals surface area contributed by atoms with Crippen LogP contribution in [0.15, 0.2) is 53.4 Å². The van der Waals surface area contributed by atoms with E-state index in [0.29, 0.717) is 31.7 Å². The van der Waals surface area contributed by atoms with Gasteiger partial charge in [-0.1, -0.05) is 12.1 Å². The van der Waals surface area contributed by atoms with E-state index in [0.717, 1.165) is 17.7 Å². The zero-order valence-corrected chi connectivity index (χ0v) is 16.4. The molecule has 0 radical (unpaired) electrons. The maximum atomic E-state index is 13.1. The summed E-state index contributed by atoms with van der Waals surface area (Å²) >= 11 is 0. The van der Waals surface area contributed by atoms with E-state index in [1.165, 1.54) is 16.4 Å². The molecule has 3 rings (SSSR count).